The number of hydrogen-bond acceptors (Lipinski definition) is 4. The van der Waals surface area contributed by atoms with Gasteiger partial charge in [0, 0.05) is 19.1 Å². The van der Waals surface area contributed by atoms with E-state index in [1.165, 1.54) is 6.20 Å². The molecule has 0 radical (unpaired) electrons. The van der Waals surface area contributed by atoms with Crippen molar-refractivity contribution in [2.75, 3.05) is 11.9 Å². The Balaban J connectivity index is 2.07. The van der Waals surface area contributed by atoms with Crippen molar-refractivity contribution >= 4 is 17.4 Å². The molecule has 1 aliphatic carbocycles. The summed E-state index contributed by atoms with van der Waals surface area (Å²) < 4.78 is 0. The summed E-state index contributed by atoms with van der Waals surface area (Å²) in [5.41, 5.74) is 5.73. The summed E-state index contributed by atoms with van der Waals surface area (Å²) in [6.07, 6.45) is 5.29. The van der Waals surface area contributed by atoms with Crippen LogP contribution in [-0.4, -0.2) is 29.1 Å². The average molecular weight is 213 g/mol. The van der Waals surface area contributed by atoms with Gasteiger partial charge in [-0.15, -0.1) is 0 Å². The Bertz CT molecular complexity index is 324. The van der Waals surface area contributed by atoms with Gasteiger partial charge in [-0.2, -0.15) is 0 Å². The minimum absolute atomic E-state index is 0.342. The molecule has 1 aromatic rings. The number of nitrogens with zero attached hydrogens (tertiary/aromatic N) is 3. The maximum Gasteiger partial charge on any atom is 0.149 e. The summed E-state index contributed by atoms with van der Waals surface area (Å²) in [6, 6.07) is 0.826. The molecule has 0 bridgehead atoms. The SMILES string of the molecule is CN(c1cncc(Cl)n1)C1CC(N)C1. The van der Waals surface area contributed by atoms with Crippen LogP contribution in [0.2, 0.25) is 5.15 Å². The molecule has 0 aromatic carbocycles. The molecule has 5 heteroatoms. The first kappa shape index (κ1) is 9.68. The van der Waals surface area contributed by atoms with Crippen LogP contribution in [0.4, 0.5) is 5.82 Å². The smallest absolute Gasteiger partial charge is 0.149 e. The topological polar surface area (TPSA) is 55.0 Å². The van der Waals surface area contributed by atoms with E-state index in [1.807, 2.05) is 7.05 Å². The maximum atomic E-state index is 5.76. The van der Waals surface area contributed by atoms with Gasteiger partial charge in [0.05, 0.1) is 12.4 Å². The standard InChI is InChI=1S/C9H13ClN4/c1-14(7-2-6(11)3-7)9-5-12-4-8(10)13-9/h4-7H,2-3,11H2,1H3. The summed E-state index contributed by atoms with van der Waals surface area (Å²) in [5.74, 6) is 0.814. The molecule has 0 saturated heterocycles. The molecule has 2 rings (SSSR count). The van der Waals surface area contributed by atoms with E-state index in [0.717, 1.165) is 18.7 Å². The zero-order valence-corrected chi connectivity index (χ0v) is 8.78. The summed E-state index contributed by atoms with van der Waals surface area (Å²) >= 11 is 5.76. The van der Waals surface area contributed by atoms with Crippen LogP contribution in [0.3, 0.4) is 0 Å². The van der Waals surface area contributed by atoms with E-state index in [0.29, 0.717) is 17.2 Å². The molecule has 1 aliphatic rings. The Morgan fingerprint density at radius 1 is 1.50 bits per heavy atom. The number of anilines is 1. The molecule has 0 atom stereocenters. The second kappa shape index (κ2) is 3.71. The highest BCUT2D eigenvalue weighted by molar-refractivity contribution is 6.29. The van der Waals surface area contributed by atoms with Crippen molar-refractivity contribution in [3.05, 3.63) is 17.5 Å². The minimum atomic E-state index is 0.342. The van der Waals surface area contributed by atoms with E-state index < -0.39 is 0 Å². The van der Waals surface area contributed by atoms with Crippen molar-refractivity contribution in [2.24, 2.45) is 5.73 Å². The lowest BCUT2D eigenvalue weighted by atomic mass is 9.86. The summed E-state index contributed by atoms with van der Waals surface area (Å²) in [7, 11) is 2.00. The fraction of sp³-hybridized carbons (Fsp3) is 0.556. The Kier molecular flexibility index (Phi) is 2.56. The second-order valence-corrected chi connectivity index (χ2v) is 4.08. The van der Waals surface area contributed by atoms with Gasteiger partial charge in [-0.3, -0.25) is 4.98 Å². The van der Waals surface area contributed by atoms with Crippen molar-refractivity contribution in [3.63, 3.8) is 0 Å². The highest BCUT2D eigenvalue weighted by atomic mass is 35.5. The zero-order chi connectivity index (χ0) is 10.1. The quantitative estimate of drug-likeness (QED) is 0.797. The van der Waals surface area contributed by atoms with E-state index in [2.05, 4.69) is 14.9 Å². The third kappa shape index (κ3) is 1.81. The van der Waals surface area contributed by atoms with Crippen molar-refractivity contribution < 1.29 is 0 Å². The van der Waals surface area contributed by atoms with Crippen LogP contribution in [-0.2, 0) is 0 Å². The first-order valence-electron chi connectivity index (χ1n) is 4.63. The molecule has 0 amide bonds. The van der Waals surface area contributed by atoms with Gasteiger partial charge in [-0.1, -0.05) is 11.6 Å². The van der Waals surface area contributed by atoms with Gasteiger partial charge in [-0.05, 0) is 12.8 Å². The summed E-state index contributed by atoms with van der Waals surface area (Å²) in [4.78, 5) is 10.3. The first-order valence-corrected chi connectivity index (χ1v) is 5.00. The Morgan fingerprint density at radius 2 is 2.21 bits per heavy atom. The highest BCUT2D eigenvalue weighted by Crippen LogP contribution is 2.26. The van der Waals surface area contributed by atoms with Crippen LogP contribution >= 0.6 is 11.6 Å². The predicted octanol–water partition coefficient (Wildman–Crippen LogP) is 1.06. The van der Waals surface area contributed by atoms with Crippen LogP contribution in [0.25, 0.3) is 0 Å². The Hall–Kier alpha value is -0.870. The normalized spacial score (nSPS) is 25.6. The molecule has 4 nitrogen and oxygen atoms in total. The number of aromatic nitrogens is 2. The molecule has 0 unspecified atom stereocenters. The van der Waals surface area contributed by atoms with Crippen LogP contribution in [0.15, 0.2) is 12.4 Å². The minimum Gasteiger partial charge on any atom is -0.355 e. The number of halogens is 1. The molecule has 76 valence electrons. The molecule has 0 aliphatic heterocycles. The first-order chi connectivity index (χ1) is 6.66. The Labute approximate surface area is 88.1 Å². The number of hydrogen-bond donors (Lipinski definition) is 1. The van der Waals surface area contributed by atoms with E-state index in [-0.39, 0.29) is 0 Å². The van der Waals surface area contributed by atoms with Crippen molar-refractivity contribution in [2.45, 2.75) is 24.9 Å². The second-order valence-electron chi connectivity index (χ2n) is 3.70. The average Bonchev–Trinajstić information content (AvgIpc) is 2.12. The van der Waals surface area contributed by atoms with Crippen molar-refractivity contribution in [1.82, 2.24) is 9.97 Å². The molecule has 1 heterocycles. The van der Waals surface area contributed by atoms with Gasteiger partial charge in [0.2, 0.25) is 0 Å². The zero-order valence-electron chi connectivity index (χ0n) is 8.02. The summed E-state index contributed by atoms with van der Waals surface area (Å²) in [6.45, 7) is 0. The van der Waals surface area contributed by atoms with Crippen LogP contribution in [0.5, 0.6) is 0 Å². The molecular formula is C9H13ClN4. The third-order valence-electron chi connectivity index (χ3n) is 2.65. The molecule has 2 N–H and O–H groups in total. The van der Waals surface area contributed by atoms with Crippen molar-refractivity contribution in [1.29, 1.82) is 0 Å². The van der Waals surface area contributed by atoms with E-state index >= 15 is 0 Å². The monoisotopic (exact) mass is 212 g/mol. The highest BCUT2D eigenvalue weighted by Gasteiger charge is 2.30. The lowest BCUT2D eigenvalue weighted by Crippen LogP contribution is -2.49. The van der Waals surface area contributed by atoms with Crippen molar-refractivity contribution in [3.8, 4) is 0 Å². The molecular weight excluding hydrogens is 200 g/mol. The Morgan fingerprint density at radius 3 is 2.79 bits per heavy atom. The van der Waals surface area contributed by atoms with E-state index in [9.17, 15) is 0 Å². The molecule has 1 aromatic heterocycles. The molecule has 1 saturated carbocycles. The predicted molar refractivity (Wildman–Crippen MR) is 56.4 cm³/mol. The largest absolute Gasteiger partial charge is 0.355 e. The molecule has 1 fully saturated rings. The number of nitrogens with two attached hydrogens (primary N) is 1. The fourth-order valence-electron chi connectivity index (χ4n) is 1.64. The van der Waals surface area contributed by atoms with Gasteiger partial charge in [0.15, 0.2) is 0 Å². The molecule has 14 heavy (non-hydrogen) atoms. The van der Waals surface area contributed by atoms with Gasteiger partial charge in [-0.25, -0.2) is 4.98 Å². The lowest BCUT2D eigenvalue weighted by molar-refractivity contribution is 0.338. The van der Waals surface area contributed by atoms with Crippen LogP contribution in [0, 0.1) is 0 Å². The molecule has 0 spiro atoms. The van der Waals surface area contributed by atoms with E-state index in [4.69, 9.17) is 17.3 Å². The van der Waals surface area contributed by atoms with E-state index in [1.54, 1.807) is 6.20 Å². The van der Waals surface area contributed by atoms with Gasteiger partial charge in [0.1, 0.15) is 11.0 Å². The van der Waals surface area contributed by atoms with Gasteiger partial charge in [0.25, 0.3) is 0 Å². The van der Waals surface area contributed by atoms with Crippen LogP contribution in [0.1, 0.15) is 12.8 Å². The number of rotatable bonds is 2. The third-order valence-corrected chi connectivity index (χ3v) is 2.83. The lowest BCUT2D eigenvalue weighted by Gasteiger charge is -2.39. The summed E-state index contributed by atoms with van der Waals surface area (Å²) in [5, 5.41) is 0.429. The maximum absolute atomic E-state index is 5.76. The van der Waals surface area contributed by atoms with Crippen LogP contribution < -0.4 is 10.6 Å². The van der Waals surface area contributed by atoms with Gasteiger partial charge < -0.3 is 10.6 Å². The fourth-order valence-corrected chi connectivity index (χ4v) is 1.78. The van der Waals surface area contributed by atoms with Gasteiger partial charge >= 0.3 is 0 Å².